The monoisotopic (exact) mass is 462 g/mol. The number of para-hydroxylation sites is 1. The molecule has 5 rings (SSSR count). The van der Waals surface area contributed by atoms with Crippen molar-refractivity contribution in [3.63, 3.8) is 0 Å². The SMILES string of the molecule is O=C(c1ccc([C@H]2Nc3ccccc3S(=O)(=O)N2)cc1)N1CCN(Cc2ccccc2)CC1. The van der Waals surface area contributed by atoms with Crippen LogP contribution in [0.1, 0.15) is 27.7 Å². The molecule has 0 aliphatic carbocycles. The third-order valence-corrected chi connectivity index (χ3v) is 7.63. The van der Waals surface area contributed by atoms with E-state index in [1.54, 1.807) is 48.5 Å². The Morgan fingerprint density at radius 1 is 0.848 bits per heavy atom. The van der Waals surface area contributed by atoms with Crippen molar-refractivity contribution in [1.29, 1.82) is 0 Å². The Morgan fingerprint density at radius 2 is 1.52 bits per heavy atom. The van der Waals surface area contributed by atoms with Crippen LogP contribution in [0.4, 0.5) is 5.69 Å². The Morgan fingerprint density at radius 3 is 2.24 bits per heavy atom. The van der Waals surface area contributed by atoms with E-state index in [2.05, 4.69) is 27.1 Å². The minimum atomic E-state index is -3.60. The van der Waals surface area contributed by atoms with Crippen molar-refractivity contribution >= 4 is 21.6 Å². The highest BCUT2D eigenvalue weighted by molar-refractivity contribution is 7.89. The second-order valence-corrected chi connectivity index (χ2v) is 10.1. The number of rotatable bonds is 4. The van der Waals surface area contributed by atoms with Crippen LogP contribution >= 0.6 is 0 Å². The first-order valence-corrected chi connectivity index (χ1v) is 12.5. The first-order valence-electron chi connectivity index (χ1n) is 11.0. The zero-order valence-corrected chi connectivity index (χ0v) is 19.0. The van der Waals surface area contributed by atoms with Gasteiger partial charge in [-0.2, -0.15) is 4.72 Å². The second-order valence-electron chi connectivity index (χ2n) is 8.37. The number of nitrogens with zero attached hydrogens (tertiary/aromatic N) is 2. The number of anilines is 1. The van der Waals surface area contributed by atoms with E-state index in [0.717, 1.165) is 25.2 Å². The zero-order chi connectivity index (χ0) is 22.8. The first kappa shape index (κ1) is 21.6. The number of fused-ring (bicyclic) bond motifs is 1. The minimum Gasteiger partial charge on any atom is -0.364 e. The molecule has 170 valence electrons. The number of carbonyl (C=O) groups is 1. The van der Waals surface area contributed by atoms with E-state index in [1.165, 1.54) is 5.56 Å². The first-order chi connectivity index (χ1) is 16.0. The zero-order valence-electron chi connectivity index (χ0n) is 18.1. The largest absolute Gasteiger partial charge is 0.364 e. The number of hydrogen-bond acceptors (Lipinski definition) is 5. The smallest absolute Gasteiger partial charge is 0.253 e. The second kappa shape index (κ2) is 8.97. The normalized spacial score (nSPS) is 20.0. The summed E-state index contributed by atoms with van der Waals surface area (Å²) in [5.74, 6) is 0.00319. The molecule has 0 spiro atoms. The van der Waals surface area contributed by atoms with E-state index in [4.69, 9.17) is 0 Å². The van der Waals surface area contributed by atoms with Gasteiger partial charge >= 0.3 is 0 Å². The number of sulfonamides is 1. The summed E-state index contributed by atoms with van der Waals surface area (Å²) < 4.78 is 27.8. The molecule has 8 heteroatoms. The van der Waals surface area contributed by atoms with E-state index in [9.17, 15) is 13.2 Å². The molecule has 3 aromatic carbocycles. The Bertz CT molecular complexity index is 1240. The number of piperazine rings is 1. The van der Waals surface area contributed by atoms with Gasteiger partial charge in [-0.3, -0.25) is 9.69 Å². The van der Waals surface area contributed by atoms with Crippen molar-refractivity contribution in [3.05, 3.63) is 95.6 Å². The van der Waals surface area contributed by atoms with E-state index < -0.39 is 16.2 Å². The summed E-state index contributed by atoms with van der Waals surface area (Å²) >= 11 is 0. The molecule has 2 heterocycles. The molecule has 3 aromatic rings. The van der Waals surface area contributed by atoms with Gasteiger partial charge in [0.1, 0.15) is 11.1 Å². The molecule has 0 bridgehead atoms. The predicted molar refractivity (Wildman–Crippen MR) is 127 cm³/mol. The molecule has 1 atom stereocenters. The Labute approximate surface area is 194 Å². The molecule has 0 saturated carbocycles. The lowest BCUT2D eigenvalue weighted by Crippen LogP contribution is -2.48. The van der Waals surface area contributed by atoms with E-state index in [-0.39, 0.29) is 10.8 Å². The Hall–Kier alpha value is -3.20. The molecule has 2 aliphatic rings. The van der Waals surface area contributed by atoms with Crippen LogP contribution in [-0.2, 0) is 16.6 Å². The average Bonchev–Trinajstić information content (AvgIpc) is 2.84. The fourth-order valence-corrected chi connectivity index (χ4v) is 5.63. The summed E-state index contributed by atoms with van der Waals surface area (Å²) in [5, 5.41) is 3.21. The summed E-state index contributed by atoms with van der Waals surface area (Å²) in [7, 11) is -3.60. The molecule has 1 fully saturated rings. The van der Waals surface area contributed by atoms with Crippen molar-refractivity contribution in [3.8, 4) is 0 Å². The molecule has 0 radical (unpaired) electrons. The van der Waals surface area contributed by atoms with Crippen LogP contribution in [-0.4, -0.2) is 50.3 Å². The third-order valence-electron chi connectivity index (χ3n) is 6.15. The average molecular weight is 463 g/mol. The maximum Gasteiger partial charge on any atom is 0.253 e. The number of nitrogens with one attached hydrogen (secondary N) is 2. The third kappa shape index (κ3) is 4.64. The van der Waals surface area contributed by atoms with E-state index >= 15 is 0 Å². The fourth-order valence-electron chi connectivity index (χ4n) is 4.33. The van der Waals surface area contributed by atoms with Crippen LogP contribution in [0, 0.1) is 0 Å². The minimum absolute atomic E-state index is 0.00319. The number of benzene rings is 3. The summed E-state index contributed by atoms with van der Waals surface area (Å²) in [4.78, 5) is 17.5. The summed E-state index contributed by atoms with van der Waals surface area (Å²) in [6.45, 7) is 3.95. The Kier molecular flexibility index (Phi) is 5.88. The summed E-state index contributed by atoms with van der Waals surface area (Å²) in [6.07, 6.45) is -0.587. The summed E-state index contributed by atoms with van der Waals surface area (Å²) in [6, 6.07) is 24.3. The number of hydrogen-bond donors (Lipinski definition) is 2. The Balaban J connectivity index is 1.22. The van der Waals surface area contributed by atoms with Crippen molar-refractivity contribution in [2.75, 3.05) is 31.5 Å². The predicted octanol–water partition coefficient (Wildman–Crippen LogP) is 3.05. The van der Waals surface area contributed by atoms with Gasteiger partial charge in [-0.15, -0.1) is 0 Å². The molecule has 2 N–H and O–H groups in total. The van der Waals surface area contributed by atoms with Gasteiger partial charge < -0.3 is 10.2 Å². The van der Waals surface area contributed by atoms with Gasteiger partial charge in [0.2, 0.25) is 10.0 Å². The van der Waals surface area contributed by atoms with E-state index in [0.29, 0.717) is 24.3 Å². The fraction of sp³-hybridized carbons (Fsp3) is 0.240. The lowest BCUT2D eigenvalue weighted by Gasteiger charge is -2.35. The molecule has 1 saturated heterocycles. The van der Waals surface area contributed by atoms with Crippen LogP contribution in [0.2, 0.25) is 0 Å². The molecule has 0 aromatic heterocycles. The lowest BCUT2D eigenvalue weighted by molar-refractivity contribution is 0.0628. The lowest BCUT2D eigenvalue weighted by atomic mass is 10.1. The molecule has 7 nitrogen and oxygen atoms in total. The topological polar surface area (TPSA) is 81.7 Å². The van der Waals surface area contributed by atoms with Crippen LogP contribution in [0.25, 0.3) is 0 Å². The molecular weight excluding hydrogens is 436 g/mol. The highest BCUT2D eigenvalue weighted by Gasteiger charge is 2.30. The van der Waals surface area contributed by atoms with Gasteiger partial charge in [-0.05, 0) is 35.4 Å². The van der Waals surface area contributed by atoms with Crippen molar-refractivity contribution in [2.24, 2.45) is 0 Å². The summed E-state index contributed by atoms with van der Waals surface area (Å²) in [5.41, 5.74) is 3.20. The number of amides is 1. The molecule has 0 unspecified atom stereocenters. The van der Waals surface area contributed by atoms with Crippen LogP contribution in [0.15, 0.2) is 83.8 Å². The number of carbonyl (C=O) groups excluding carboxylic acids is 1. The molecule has 33 heavy (non-hydrogen) atoms. The quantitative estimate of drug-likeness (QED) is 0.623. The van der Waals surface area contributed by atoms with Crippen LogP contribution in [0.3, 0.4) is 0 Å². The van der Waals surface area contributed by atoms with Gasteiger partial charge in [0, 0.05) is 38.3 Å². The van der Waals surface area contributed by atoms with Crippen molar-refractivity contribution in [1.82, 2.24) is 14.5 Å². The van der Waals surface area contributed by atoms with Crippen LogP contribution < -0.4 is 10.0 Å². The van der Waals surface area contributed by atoms with Crippen LogP contribution in [0.5, 0.6) is 0 Å². The van der Waals surface area contributed by atoms with Gasteiger partial charge in [0.15, 0.2) is 0 Å². The highest BCUT2D eigenvalue weighted by atomic mass is 32.2. The van der Waals surface area contributed by atoms with Gasteiger partial charge in [-0.1, -0.05) is 54.6 Å². The van der Waals surface area contributed by atoms with Gasteiger partial charge in [0.25, 0.3) is 5.91 Å². The van der Waals surface area contributed by atoms with Gasteiger partial charge in [-0.25, -0.2) is 8.42 Å². The van der Waals surface area contributed by atoms with Crippen molar-refractivity contribution in [2.45, 2.75) is 17.6 Å². The maximum absolute atomic E-state index is 13.0. The standard InChI is InChI=1S/C25H26N4O3S/c30-25(29-16-14-28(15-17-29)18-19-6-2-1-3-7-19)21-12-10-20(11-13-21)24-26-22-8-4-5-9-23(22)33(31,32)27-24/h1-13,24,26-27H,14-18H2/t24-/m0/s1. The molecule has 2 aliphatic heterocycles. The maximum atomic E-state index is 13.0. The van der Waals surface area contributed by atoms with Gasteiger partial charge in [0.05, 0.1) is 5.69 Å². The molecular formula is C25H26N4O3S. The molecule has 1 amide bonds. The van der Waals surface area contributed by atoms with Crippen molar-refractivity contribution < 1.29 is 13.2 Å². The van der Waals surface area contributed by atoms with E-state index in [1.807, 2.05) is 23.1 Å². The highest BCUT2D eigenvalue weighted by Crippen LogP contribution is 2.30.